The monoisotopic (exact) mass is 325 g/mol. The predicted octanol–water partition coefficient (Wildman–Crippen LogP) is 2.88. The number of nitrogens with zero attached hydrogens (tertiary/aromatic N) is 1. The van der Waals surface area contributed by atoms with Gasteiger partial charge in [0.15, 0.2) is 0 Å². The van der Waals surface area contributed by atoms with Gasteiger partial charge >= 0.3 is 0 Å². The van der Waals surface area contributed by atoms with Crippen molar-refractivity contribution in [2.24, 2.45) is 0 Å². The van der Waals surface area contributed by atoms with Gasteiger partial charge in [-0.05, 0) is 34.1 Å². The number of pyridine rings is 1. The molecule has 18 heavy (non-hydrogen) atoms. The van der Waals surface area contributed by atoms with Gasteiger partial charge in [0.1, 0.15) is 0 Å². The maximum atomic E-state index is 12.0. The lowest BCUT2D eigenvalue weighted by atomic mass is 10.2. The Bertz CT molecular complexity index is 556. The Morgan fingerprint density at radius 2 is 2.28 bits per heavy atom. The van der Waals surface area contributed by atoms with Crippen molar-refractivity contribution >= 4 is 38.9 Å². The Kier molecular flexibility index (Phi) is 4.33. The van der Waals surface area contributed by atoms with Crippen molar-refractivity contribution in [2.75, 3.05) is 12.4 Å². The molecule has 0 saturated heterocycles. The standard InChI is InChI=1S/C12H12BrN3OS/c1-14-10-4-5-15-7-9(10)12(17)16-6-8-2-3-11(13)18-8/h2-5,7H,6H2,1H3,(H,14,15)(H,16,17). The Labute approximate surface area is 118 Å². The van der Waals surface area contributed by atoms with Crippen LogP contribution in [0.2, 0.25) is 0 Å². The van der Waals surface area contributed by atoms with Crippen molar-refractivity contribution in [1.29, 1.82) is 0 Å². The normalized spacial score (nSPS) is 10.1. The van der Waals surface area contributed by atoms with Gasteiger partial charge in [-0.3, -0.25) is 9.78 Å². The van der Waals surface area contributed by atoms with Gasteiger partial charge in [0.05, 0.1) is 15.9 Å². The van der Waals surface area contributed by atoms with E-state index < -0.39 is 0 Å². The summed E-state index contributed by atoms with van der Waals surface area (Å²) in [6.45, 7) is 0.521. The minimum atomic E-state index is -0.128. The van der Waals surface area contributed by atoms with E-state index >= 15 is 0 Å². The maximum absolute atomic E-state index is 12.0. The van der Waals surface area contributed by atoms with Crippen molar-refractivity contribution in [3.05, 3.63) is 44.8 Å². The molecule has 0 aliphatic heterocycles. The highest BCUT2D eigenvalue weighted by molar-refractivity contribution is 9.11. The number of thiophene rings is 1. The van der Waals surface area contributed by atoms with Crippen LogP contribution in [0.4, 0.5) is 5.69 Å². The molecule has 1 amide bonds. The average molecular weight is 326 g/mol. The number of carbonyl (C=O) groups excluding carboxylic acids is 1. The van der Waals surface area contributed by atoms with E-state index in [9.17, 15) is 4.79 Å². The van der Waals surface area contributed by atoms with Gasteiger partial charge in [-0.15, -0.1) is 11.3 Å². The lowest BCUT2D eigenvalue weighted by Crippen LogP contribution is -2.23. The third kappa shape index (κ3) is 3.08. The summed E-state index contributed by atoms with van der Waals surface area (Å²) in [7, 11) is 1.78. The van der Waals surface area contributed by atoms with Gasteiger partial charge in [0.2, 0.25) is 0 Å². The van der Waals surface area contributed by atoms with Crippen LogP contribution in [0.5, 0.6) is 0 Å². The molecule has 0 spiro atoms. The zero-order chi connectivity index (χ0) is 13.0. The molecule has 2 rings (SSSR count). The Morgan fingerprint density at radius 3 is 2.94 bits per heavy atom. The average Bonchev–Trinajstić information content (AvgIpc) is 2.81. The van der Waals surface area contributed by atoms with E-state index in [1.807, 2.05) is 12.1 Å². The fourth-order valence-corrected chi connectivity index (χ4v) is 2.93. The third-order valence-corrected chi connectivity index (χ3v) is 4.01. The second-order valence-corrected chi connectivity index (χ2v) is 6.11. The summed E-state index contributed by atoms with van der Waals surface area (Å²) in [5.41, 5.74) is 1.32. The van der Waals surface area contributed by atoms with Crippen LogP contribution in [0.1, 0.15) is 15.2 Å². The van der Waals surface area contributed by atoms with Crippen LogP contribution in [-0.4, -0.2) is 17.9 Å². The van der Waals surface area contributed by atoms with Gasteiger partial charge in [-0.2, -0.15) is 0 Å². The van der Waals surface area contributed by atoms with E-state index in [0.29, 0.717) is 12.1 Å². The fraction of sp³-hybridized carbons (Fsp3) is 0.167. The number of halogens is 1. The summed E-state index contributed by atoms with van der Waals surface area (Å²) in [4.78, 5) is 17.1. The summed E-state index contributed by atoms with van der Waals surface area (Å²) in [5.74, 6) is -0.128. The zero-order valence-electron chi connectivity index (χ0n) is 9.74. The van der Waals surface area contributed by atoms with Crippen LogP contribution in [0.15, 0.2) is 34.4 Å². The van der Waals surface area contributed by atoms with Crippen LogP contribution >= 0.6 is 27.3 Å². The molecule has 0 atom stereocenters. The first-order valence-corrected chi connectivity index (χ1v) is 6.96. The molecule has 0 aromatic carbocycles. The molecular formula is C12H12BrN3OS. The Balaban J connectivity index is 2.03. The predicted molar refractivity (Wildman–Crippen MR) is 77.0 cm³/mol. The second kappa shape index (κ2) is 5.97. The molecule has 2 aromatic heterocycles. The van der Waals surface area contributed by atoms with Crippen molar-refractivity contribution in [3.63, 3.8) is 0 Å². The molecule has 4 nitrogen and oxygen atoms in total. The number of amides is 1. The summed E-state index contributed by atoms with van der Waals surface area (Å²) in [5, 5.41) is 5.85. The first kappa shape index (κ1) is 13.0. The lowest BCUT2D eigenvalue weighted by molar-refractivity contribution is 0.0952. The van der Waals surface area contributed by atoms with E-state index in [4.69, 9.17) is 0 Å². The molecule has 0 aliphatic carbocycles. The summed E-state index contributed by atoms with van der Waals surface area (Å²) in [6, 6.07) is 5.73. The molecule has 0 saturated carbocycles. The van der Waals surface area contributed by atoms with Gasteiger partial charge in [0, 0.05) is 30.0 Å². The van der Waals surface area contributed by atoms with Gasteiger partial charge in [-0.25, -0.2) is 0 Å². The number of hydrogen-bond acceptors (Lipinski definition) is 4. The molecule has 0 radical (unpaired) electrons. The number of aromatic nitrogens is 1. The van der Waals surface area contributed by atoms with Crippen LogP contribution in [-0.2, 0) is 6.54 Å². The fourth-order valence-electron chi connectivity index (χ4n) is 1.50. The van der Waals surface area contributed by atoms with Gasteiger partial charge < -0.3 is 10.6 Å². The molecule has 2 N–H and O–H groups in total. The molecule has 0 fully saturated rings. The van der Waals surface area contributed by atoms with Crippen LogP contribution < -0.4 is 10.6 Å². The minimum Gasteiger partial charge on any atom is -0.387 e. The quantitative estimate of drug-likeness (QED) is 0.908. The molecule has 0 aliphatic rings. The first-order chi connectivity index (χ1) is 8.70. The summed E-state index contributed by atoms with van der Waals surface area (Å²) >= 11 is 5.00. The van der Waals surface area contributed by atoms with Crippen molar-refractivity contribution in [3.8, 4) is 0 Å². The largest absolute Gasteiger partial charge is 0.387 e. The van der Waals surface area contributed by atoms with Gasteiger partial charge in [0.25, 0.3) is 5.91 Å². The minimum absolute atomic E-state index is 0.128. The Hall–Kier alpha value is -1.40. The van der Waals surface area contributed by atoms with E-state index in [1.54, 1.807) is 36.8 Å². The molecule has 94 valence electrons. The number of hydrogen-bond donors (Lipinski definition) is 2. The molecule has 2 aromatic rings. The molecule has 6 heteroatoms. The molecule has 0 unspecified atom stereocenters. The van der Waals surface area contributed by atoms with Crippen molar-refractivity contribution < 1.29 is 4.79 Å². The van der Waals surface area contributed by atoms with Crippen molar-refractivity contribution in [1.82, 2.24) is 10.3 Å². The van der Waals surface area contributed by atoms with Crippen LogP contribution in [0.25, 0.3) is 0 Å². The second-order valence-electron chi connectivity index (χ2n) is 3.56. The summed E-state index contributed by atoms with van der Waals surface area (Å²) < 4.78 is 1.06. The number of rotatable bonds is 4. The zero-order valence-corrected chi connectivity index (χ0v) is 12.1. The van der Waals surface area contributed by atoms with E-state index in [2.05, 4.69) is 31.5 Å². The van der Waals surface area contributed by atoms with E-state index in [0.717, 1.165) is 14.4 Å². The first-order valence-electron chi connectivity index (χ1n) is 5.35. The van der Waals surface area contributed by atoms with Crippen LogP contribution in [0.3, 0.4) is 0 Å². The number of anilines is 1. The maximum Gasteiger partial charge on any atom is 0.255 e. The smallest absolute Gasteiger partial charge is 0.255 e. The summed E-state index contributed by atoms with van der Waals surface area (Å²) in [6.07, 6.45) is 3.21. The van der Waals surface area contributed by atoms with Crippen molar-refractivity contribution in [2.45, 2.75) is 6.54 Å². The van der Waals surface area contributed by atoms with E-state index in [-0.39, 0.29) is 5.91 Å². The SMILES string of the molecule is CNc1ccncc1C(=O)NCc1ccc(Br)s1. The highest BCUT2D eigenvalue weighted by atomic mass is 79.9. The van der Waals surface area contributed by atoms with Crippen LogP contribution in [0, 0.1) is 0 Å². The molecule has 0 bridgehead atoms. The third-order valence-electron chi connectivity index (χ3n) is 2.39. The Morgan fingerprint density at radius 1 is 1.44 bits per heavy atom. The number of nitrogens with one attached hydrogen (secondary N) is 2. The topological polar surface area (TPSA) is 54.0 Å². The van der Waals surface area contributed by atoms with E-state index in [1.165, 1.54) is 0 Å². The highest BCUT2D eigenvalue weighted by Crippen LogP contribution is 2.22. The molecule has 2 heterocycles. The highest BCUT2D eigenvalue weighted by Gasteiger charge is 2.10. The molecular weight excluding hydrogens is 314 g/mol. The number of carbonyl (C=O) groups is 1. The lowest BCUT2D eigenvalue weighted by Gasteiger charge is -2.08. The van der Waals surface area contributed by atoms with Gasteiger partial charge in [-0.1, -0.05) is 0 Å².